The molecule has 6 heteroatoms. The van der Waals surface area contributed by atoms with Gasteiger partial charge >= 0.3 is 0 Å². The van der Waals surface area contributed by atoms with Gasteiger partial charge in [0.1, 0.15) is 11.5 Å². The number of aryl methyl sites for hydroxylation is 1. The summed E-state index contributed by atoms with van der Waals surface area (Å²) in [6.45, 7) is 4.05. The average molecular weight is 396 g/mol. The Labute approximate surface area is 171 Å². The number of amides is 2. The second kappa shape index (κ2) is 10.5. The van der Waals surface area contributed by atoms with Crippen molar-refractivity contribution in [2.45, 2.75) is 19.8 Å². The first-order chi connectivity index (χ1) is 14.1. The lowest BCUT2D eigenvalue weighted by Gasteiger charge is -2.32. The molecule has 2 aromatic rings. The Morgan fingerprint density at radius 2 is 1.66 bits per heavy atom. The first kappa shape index (κ1) is 20.7. The molecule has 1 heterocycles. The molecule has 0 radical (unpaired) electrons. The third kappa shape index (κ3) is 6.82. The van der Waals surface area contributed by atoms with E-state index in [0.29, 0.717) is 37.1 Å². The van der Waals surface area contributed by atoms with Crippen LogP contribution >= 0.6 is 0 Å². The van der Waals surface area contributed by atoms with Gasteiger partial charge in [0.25, 0.3) is 11.8 Å². The zero-order chi connectivity index (χ0) is 20.5. The van der Waals surface area contributed by atoms with Crippen LogP contribution in [-0.4, -0.2) is 49.6 Å². The van der Waals surface area contributed by atoms with Gasteiger partial charge in [-0.1, -0.05) is 30.3 Å². The molecule has 154 valence electrons. The van der Waals surface area contributed by atoms with Crippen molar-refractivity contribution in [2.75, 3.05) is 32.8 Å². The lowest BCUT2D eigenvalue weighted by molar-refractivity contribution is -0.135. The van der Waals surface area contributed by atoms with Crippen molar-refractivity contribution < 1.29 is 19.1 Å². The van der Waals surface area contributed by atoms with Crippen molar-refractivity contribution in [3.8, 4) is 11.5 Å². The highest BCUT2D eigenvalue weighted by atomic mass is 16.5. The quantitative estimate of drug-likeness (QED) is 0.745. The topological polar surface area (TPSA) is 67.9 Å². The summed E-state index contributed by atoms with van der Waals surface area (Å²) in [6.07, 6.45) is 1.74. The molecule has 0 spiro atoms. The van der Waals surface area contributed by atoms with Gasteiger partial charge in [-0.3, -0.25) is 9.59 Å². The monoisotopic (exact) mass is 396 g/mol. The number of para-hydroxylation sites is 1. The molecule has 2 amide bonds. The summed E-state index contributed by atoms with van der Waals surface area (Å²) >= 11 is 0. The molecule has 1 fully saturated rings. The van der Waals surface area contributed by atoms with E-state index < -0.39 is 0 Å². The Hall–Kier alpha value is -3.02. The fraction of sp³-hybridized carbons (Fsp3) is 0.391. The number of piperidine rings is 1. The van der Waals surface area contributed by atoms with E-state index in [1.807, 2.05) is 66.4 Å². The Morgan fingerprint density at radius 3 is 2.38 bits per heavy atom. The molecule has 0 unspecified atom stereocenters. The van der Waals surface area contributed by atoms with E-state index in [9.17, 15) is 9.59 Å². The third-order valence-corrected chi connectivity index (χ3v) is 5.02. The minimum absolute atomic E-state index is 0.00268. The number of nitrogens with one attached hydrogen (secondary N) is 1. The van der Waals surface area contributed by atoms with Crippen LogP contribution in [0, 0.1) is 12.8 Å². The summed E-state index contributed by atoms with van der Waals surface area (Å²) in [4.78, 5) is 26.2. The van der Waals surface area contributed by atoms with Gasteiger partial charge in [-0.05, 0) is 55.5 Å². The summed E-state index contributed by atoms with van der Waals surface area (Å²) < 4.78 is 11.1. The van der Waals surface area contributed by atoms with Crippen molar-refractivity contribution in [2.24, 2.45) is 5.92 Å². The fourth-order valence-electron chi connectivity index (χ4n) is 3.30. The summed E-state index contributed by atoms with van der Waals surface area (Å²) in [7, 11) is 0. The van der Waals surface area contributed by atoms with Crippen LogP contribution in [-0.2, 0) is 9.59 Å². The lowest BCUT2D eigenvalue weighted by Crippen LogP contribution is -2.43. The molecule has 0 saturated carbocycles. The molecule has 1 saturated heterocycles. The SMILES string of the molecule is Cc1cccc(OCC(=O)NCC2CCN(C(=O)COc3ccccc3)CC2)c1. The van der Waals surface area contributed by atoms with Crippen LogP contribution in [0.4, 0.5) is 0 Å². The molecule has 6 nitrogen and oxygen atoms in total. The molecular weight excluding hydrogens is 368 g/mol. The van der Waals surface area contributed by atoms with Crippen molar-refractivity contribution >= 4 is 11.8 Å². The van der Waals surface area contributed by atoms with E-state index >= 15 is 0 Å². The second-order valence-electron chi connectivity index (χ2n) is 7.34. The van der Waals surface area contributed by atoms with E-state index in [2.05, 4.69) is 5.32 Å². The van der Waals surface area contributed by atoms with Gasteiger partial charge in [-0.25, -0.2) is 0 Å². The largest absolute Gasteiger partial charge is 0.484 e. The number of hydrogen-bond donors (Lipinski definition) is 1. The number of carbonyl (C=O) groups is 2. The smallest absolute Gasteiger partial charge is 0.260 e. The average Bonchev–Trinajstić information content (AvgIpc) is 2.76. The standard InChI is InChI=1S/C23H28N2O4/c1-18-6-5-9-21(14-18)28-16-22(26)24-15-19-10-12-25(13-11-19)23(27)17-29-20-7-3-2-4-8-20/h2-9,14,19H,10-13,15-17H2,1H3,(H,24,26). The van der Waals surface area contributed by atoms with Crippen LogP contribution in [0.15, 0.2) is 54.6 Å². The highest BCUT2D eigenvalue weighted by molar-refractivity contribution is 5.78. The maximum Gasteiger partial charge on any atom is 0.260 e. The van der Waals surface area contributed by atoms with Gasteiger partial charge in [0.15, 0.2) is 13.2 Å². The predicted molar refractivity (Wildman–Crippen MR) is 111 cm³/mol. The molecule has 29 heavy (non-hydrogen) atoms. The highest BCUT2D eigenvalue weighted by Crippen LogP contribution is 2.17. The number of ether oxygens (including phenoxy) is 2. The molecule has 0 atom stereocenters. The van der Waals surface area contributed by atoms with Crippen molar-refractivity contribution in [1.82, 2.24) is 10.2 Å². The Bertz CT molecular complexity index is 802. The maximum atomic E-state index is 12.3. The zero-order valence-corrected chi connectivity index (χ0v) is 16.8. The molecule has 1 aliphatic rings. The summed E-state index contributed by atoms with van der Waals surface area (Å²) in [5.41, 5.74) is 1.10. The Balaban J connectivity index is 1.31. The van der Waals surface area contributed by atoms with Gasteiger partial charge in [0, 0.05) is 19.6 Å². The summed E-state index contributed by atoms with van der Waals surface area (Å²) in [5, 5.41) is 2.94. The molecule has 2 aromatic carbocycles. The van der Waals surface area contributed by atoms with E-state index in [1.54, 1.807) is 0 Å². The second-order valence-corrected chi connectivity index (χ2v) is 7.34. The zero-order valence-electron chi connectivity index (χ0n) is 16.8. The molecule has 1 N–H and O–H groups in total. The summed E-state index contributed by atoms with van der Waals surface area (Å²) in [6, 6.07) is 17.0. The first-order valence-electron chi connectivity index (χ1n) is 10.0. The van der Waals surface area contributed by atoms with Crippen molar-refractivity contribution in [3.63, 3.8) is 0 Å². The third-order valence-electron chi connectivity index (χ3n) is 5.02. The number of nitrogens with zero attached hydrogens (tertiary/aromatic N) is 1. The van der Waals surface area contributed by atoms with Crippen molar-refractivity contribution in [3.05, 3.63) is 60.2 Å². The number of carbonyl (C=O) groups excluding carboxylic acids is 2. The van der Waals surface area contributed by atoms with Gasteiger partial charge in [-0.15, -0.1) is 0 Å². The minimum Gasteiger partial charge on any atom is -0.484 e. The molecular formula is C23H28N2O4. The molecule has 3 rings (SSSR count). The predicted octanol–water partition coefficient (Wildman–Crippen LogP) is 2.81. The number of likely N-dealkylation sites (tertiary alicyclic amines) is 1. The Kier molecular flexibility index (Phi) is 7.50. The van der Waals surface area contributed by atoms with Crippen LogP contribution in [0.25, 0.3) is 0 Å². The van der Waals surface area contributed by atoms with Crippen molar-refractivity contribution in [1.29, 1.82) is 0 Å². The number of hydrogen-bond acceptors (Lipinski definition) is 4. The van der Waals surface area contributed by atoms with E-state index in [-0.39, 0.29) is 25.0 Å². The van der Waals surface area contributed by atoms with Gasteiger partial charge < -0.3 is 19.7 Å². The lowest BCUT2D eigenvalue weighted by atomic mass is 9.97. The summed E-state index contributed by atoms with van der Waals surface area (Å²) in [5.74, 6) is 1.65. The molecule has 0 aliphatic carbocycles. The van der Waals surface area contributed by atoms with E-state index in [1.165, 1.54) is 0 Å². The molecule has 0 aromatic heterocycles. The van der Waals surface area contributed by atoms with E-state index in [4.69, 9.17) is 9.47 Å². The van der Waals surface area contributed by atoms with Crippen LogP contribution < -0.4 is 14.8 Å². The minimum atomic E-state index is -0.124. The normalized spacial score (nSPS) is 14.3. The van der Waals surface area contributed by atoms with Crippen LogP contribution in [0.5, 0.6) is 11.5 Å². The van der Waals surface area contributed by atoms with Crippen LogP contribution in [0.1, 0.15) is 18.4 Å². The fourth-order valence-corrected chi connectivity index (χ4v) is 3.30. The molecule has 1 aliphatic heterocycles. The van der Waals surface area contributed by atoms with Gasteiger partial charge in [-0.2, -0.15) is 0 Å². The Morgan fingerprint density at radius 1 is 0.966 bits per heavy atom. The molecule has 0 bridgehead atoms. The first-order valence-corrected chi connectivity index (χ1v) is 10.0. The van der Waals surface area contributed by atoms with Gasteiger partial charge in [0.2, 0.25) is 0 Å². The maximum absolute atomic E-state index is 12.3. The highest BCUT2D eigenvalue weighted by Gasteiger charge is 2.23. The number of rotatable bonds is 8. The van der Waals surface area contributed by atoms with E-state index in [0.717, 1.165) is 18.4 Å². The van der Waals surface area contributed by atoms with Gasteiger partial charge in [0.05, 0.1) is 0 Å². The van der Waals surface area contributed by atoms with Crippen LogP contribution in [0.2, 0.25) is 0 Å². The van der Waals surface area contributed by atoms with Crippen LogP contribution in [0.3, 0.4) is 0 Å². The number of benzene rings is 2.